The number of aromatic amines is 1. The predicted octanol–water partition coefficient (Wildman–Crippen LogP) is 4.06. The first-order valence-electron chi connectivity index (χ1n) is 8.49. The van der Waals surface area contributed by atoms with E-state index >= 15 is 0 Å². The van der Waals surface area contributed by atoms with Crippen LogP contribution in [0.2, 0.25) is 0 Å². The fourth-order valence-corrected chi connectivity index (χ4v) is 3.30. The molecule has 0 saturated heterocycles. The summed E-state index contributed by atoms with van der Waals surface area (Å²) in [5, 5.41) is 7.20. The van der Waals surface area contributed by atoms with Crippen LogP contribution in [0, 0.1) is 13.8 Å². The number of hydrogen-bond acceptors (Lipinski definition) is 2. The van der Waals surface area contributed by atoms with Crippen molar-refractivity contribution in [1.29, 1.82) is 0 Å². The third kappa shape index (κ3) is 3.35. The number of hydrazone groups is 1. The minimum absolute atomic E-state index is 0.316. The Balaban J connectivity index is 1.74. The van der Waals surface area contributed by atoms with Crippen LogP contribution in [0.5, 0.6) is 0 Å². The van der Waals surface area contributed by atoms with Crippen LogP contribution in [-0.2, 0) is 12.8 Å². The summed E-state index contributed by atoms with van der Waals surface area (Å²) < 4.78 is 0. The number of urea groups is 1. The lowest BCUT2D eigenvalue weighted by atomic mass is 9.91. The molecule has 3 N–H and O–H groups in total. The normalized spacial score (nSPS) is 15.2. The van der Waals surface area contributed by atoms with Crippen molar-refractivity contribution in [3.05, 3.63) is 52.3 Å². The van der Waals surface area contributed by atoms with Crippen molar-refractivity contribution in [2.24, 2.45) is 5.10 Å². The summed E-state index contributed by atoms with van der Waals surface area (Å²) in [5.74, 6) is 0. The van der Waals surface area contributed by atoms with Crippen LogP contribution >= 0.6 is 0 Å². The summed E-state index contributed by atoms with van der Waals surface area (Å²) in [6, 6.07) is 7.37. The standard InChI is InChI=1S/C19H24N4O/c1-4-15-13(3)20-16-6-5-7-17(18(15)16)22-23-19(24)21-14-10-8-12(2)9-11-14/h8-11,20H,4-7H2,1-3H3,(H2,21,23,24)/b22-17+. The van der Waals surface area contributed by atoms with E-state index in [1.54, 1.807) is 0 Å². The topological polar surface area (TPSA) is 69.3 Å². The number of benzene rings is 1. The van der Waals surface area contributed by atoms with E-state index in [0.29, 0.717) is 0 Å². The Kier molecular flexibility index (Phi) is 4.69. The molecule has 2 amide bonds. The van der Waals surface area contributed by atoms with Gasteiger partial charge in [-0.15, -0.1) is 0 Å². The summed E-state index contributed by atoms with van der Waals surface area (Å²) in [4.78, 5) is 15.5. The Labute approximate surface area is 142 Å². The predicted molar refractivity (Wildman–Crippen MR) is 97.7 cm³/mol. The molecule has 126 valence electrons. The van der Waals surface area contributed by atoms with E-state index in [0.717, 1.165) is 42.6 Å². The highest BCUT2D eigenvalue weighted by atomic mass is 16.2. The van der Waals surface area contributed by atoms with Crippen molar-refractivity contribution in [2.75, 3.05) is 5.32 Å². The van der Waals surface area contributed by atoms with Gasteiger partial charge in [-0.05, 0) is 57.2 Å². The van der Waals surface area contributed by atoms with Crippen LogP contribution in [0.25, 0.3) is 0 Å². The molecule has 0 unspecified atom stereocenters. The Morgan fingerprint density at radius 1 is 1.21 bits per heavy atom. The van der Waals surface area contributed by atoms with E-state index in [2.05, 4.69) is 34.7 Å². The van der Waals surface area contributed by atoms with Crippen LogP contribution in [0.1, 0.15) is 47.8 Å². The van der Waals surface area contributed by atoms with E-state index in [-0.39, 0.29) is 6.03 Å². The molecule has 5 nitrogen and oxygen atoms in total. The minimum Gasteiger partial charge on any atom is -0.362 e. The van der Waals surface area contributed by atoms with Gasteiger partial charge in [0.15, 0.2) is 0 Å². The number of aryl methyl sites for hydroxylation is 3. The third-order valence-corrected chi connectivity index (χ3v) is 4.48. The van der Waals surface area contributed by atoms with Crippen LogP contribution in [0.3, 0.4) is 0 Å². The number of fused-ring (bicyclic) bond motifs is 1. The van der Waals surface area contributed by atoms with Crippen LogP contribution in [0.15, 0.2) is 29.4 Å². The largest absolute Gasteiger partial charge is 0.362 e. The Morgan fingerprint density at radius 3 is 2.67 bits per heavy atom. The molecule has 1 aliphatic carbocycles. The monoisotopic (exact) mass is 324 g/mol. The highest BCUT2D eigenvalue weighted by Gasteiger charge is 2.22. The molecule has 0 aliphatic heterocycles. The third-order valence-electron chi connectivity index (χ3n) is 4.48. The number of aromatic nitrogens is 1. The lowest BCUT2D eigenvalue weighted by molar-refractivity contribution is 0.252. The van der Waals surface area contributed by atoms with Gasteiger partial charge in [-0.1, -0.05) is 24.6 Å². The van der Waals surface area contributed by atoms with Crippen molar-refractivity contribution in [1.82, 2.24) is 10.4 Å². The molecule has 5 heteroatoms. The van der Waals surface area contributed by atoms with Gasteiger partial charge in [0.25, 0.3) is 0 Å². The second-order valence-corrected chi connectivity index (χ2v) is 6.28. The molecule has 24 heavy (non-hydrogen) atoms. The summed E-state index contributed by atoms with van der Waals surface area (Å²) >= 11 is 0. The average molecular weight is 324 g/mol. The zero-order chi connectivity index (χ0) is 17.1. The van der Waals surface area contributed by atoms with Gasteiger partial charge in [0.1, 0.15) is 0 Å². The number of nitrogens with one attached hydrogen (secondary N) is 3. The molecule has 0 atom stereocenters. The Morgan fingerprint density at radius 2 is 1.96 bits per heavy atom. The highest BCUT2D eigenvalue weighted by molar-refractivity contribution is 6.04. The summed E-state index contributed by atoms with van der Waals surface area (Å²) in [7, 11) is 0. The summed E-state index contributed by atoms with van der Waals surface area (Å²) in [5.41, 5.74) is 10.5. The first-order chi connectivity index (χ1) is 11.6. The molecule has 0 saturated carbocycles. The molecule has 2 aromatic rings. The lowest BCUT2D eigenvalue weighted by Gasteiger charge is -2.15. The van der Waals surface area contributed by atoms with Gasteiger partial charge in [0, 0.05) is 22.6 Å². The van der Waals surface area contributed by atoms with Gasteiger partial charge < -0.3 is 10.3 Å². The molecule has 1 heterocycles. The van der Waals surface area contributed by atoms with Gasteiger partial charge in [-0.25, -0.2) is 10.2 Å². The van der Waals surface area contributed by atoms with Gasteiger partial charge >= 0.3 is 6.03 Å². The van der Waals surface area contributed by atoms with Gasteiger partial charge in [-0.2, -0.15) is 5.10 Å². The maximum atomic E-state index is 12.1. The molecule has 1 aromatic heterocycles. The van der Waals surface area contributed by atoms with Crippen molar-refractivity contribution >= 4 is 17.4 Å². The van der Waals surface area contributed by atoms with E-state index in [1.807, 2.05) is 31.2 Å². The van der Waals surface area contributed by atoms with E-state index in [4.69, 9.17) is 0 Å². The first kappa shape index (κ1) is 16.3. The number of nitrogens with zero attached hydrogens (tertiary/aromatic N) is 1. The maximum Gasteiger partial charge on any atom is 0.339 e. The first-order valence-corrected chi connectivity index (χ1v) is 8.49. The van der Waals surface area contributed by atoms with Crippen LogP contribution in [0.4, 0.5) is 10.5 Å². The number of H-pyrrole nitrogens is 1. The van der Waals surface area contributed by atoms with Crippen molar-refractivity contribution in [3.8, 4) is 0 Å². The molecule has 0 bridgehead atoms. The van der Waals surface area contributed by atoms with E-state index < -0.39 is 0 Å². The van der Waals surface area contributed by atoms with E-state index in [1.165, 1.54) is 22.5 Å². The fraction of sp³-hybridized carbons (Fsp3) is 0.368. The molecule has 1 aromatic carbocycles. The van der Waals surface area contributed by atoms with E-state index in [9.17, 15) is 4.79 Å². The molecule has 0 fully saturated rings. The fourth-order valence-electron chi connectivity index (χ4n) is 3.30. The Bertz CT molecular complexity index is 771. The van der Waals surface area contributed by atoms with Gasteiger partial charge in [0.2, 0.25) is 0 Å². The molecular weight excluding hydrogens is 300 g/mol. The smallest absolute Gasteiger partial charge is 0.339 e. The SMILES string of the molecule is CCc1c(C)[nH]c2c1/C(=N/NC(=O)Nc1ccc(C)cc1)CCC2. The average Bonchev–Trinajstić information content (AvgIpc) is 2.90. The number of hydrogen-bond donors (Lipinski definition) is 3. The second kappa shape index (κ2) is 6.91. The lowest BCUT2D eigenvalue weighted by Crippen LogP contribution is -2.26. The van der Waals surface area contributed by atoms with Crippen LogP contribution in [-0.4, -0.2) is 16.7 Å². The second-order valence-electron chi connectivity index (χ2n) is 6.28. The molecule has 0 spiro atoms. The quantitative estimate of drug-likeness (QED) is 0.732. The number of carbonyl (C=O) groups excluding carboxylic acids is 1. The number of carbonyl (C=O) groups is 1. The Hall–Kier alpha value is -2.56. The van der Waals surface area contributed by atoms with Crippen LogP contribution < -0.4 is 10.7 Å². The van der Waals surface area contributed by atoms with Crippen molar-refractivity contribution < 1.29 is 4.79 Å². The molecular formula is C19H24N4O. The molecule has 0 radical (unpaired) electrons. The van der Waals surface area contributed by atoms with Crippen molar-refractivity contribution in [3.63, 3.8) is 0 Å². The number of amides is 2. The summed E-state index contributed by atoms with van der Waals surface area (Å²) in [6.45, 7) is 6.27. The minimum atomic E-state index is -0.316. The van der Waals surface area contributed by atoms with Gasteiger partial charge in [0.05, 0.1) is 5.71 Å². The van der Waals surface area contributed by atoms with Gasteiger partial charge in [-0.3, -0.25) is 0 Å². The zero-order valence-electron chi connectivity index (χ0n) is 14.5. The zero-order valence-corrected chi connectivity index (χ0v) is 14.5. The number of anilines is 1. The number of rotatable bonds is 3. The van der Waals surface area contributed by atoms with Crippen molar-refractivity contribution in [2.45, 2.75) is 46.5 Å². The highest BCUT2D eigenvalue weighted by Crippen LogP contribution is 2.27. The maximum absolute atomic E-state index is 12.1. The molecule has 3 rings (SSSR count). The summed E-state index contributed by atoms with van der Waals surface area (Å²) in [6.07, 6.45) is 3.95. The molecule has 1 aliphatic rings.